The molecule has 0 radical (unpaired) electrons. The Labute approximate surface area is 105 Å². The summed E-state index contributed by atoms with van der Waals surface area (Å²) in [4.78, 5) is 7.33. The molecule has 2 aromatic rings. The lowest BCUT2D eigenvalue weighted by molar-refractivity contribution is 0.145. The van der Waals surface area contributed by atoms with Gasteiger partial charge in [0.1, 0.15) is 11.9 Å². The summed E-state index contributed by atoms with van der Waals surface area (Å²) >= 11 is 0. The lowest BCUT2D eigenvalue weighted by Gasteiger charge is -2.12. The molecule has 5 N–H and O–H groups in total. The lowest BCUT2D eigenvalue weighted by atomic mass is 10.1. The predicted octanol–water partition coefficient (Wildman–Crippen LogP) is 0.950. The zero-order valence-corrected chi connectivity index (χ0v) is 10.2. The molecule has 0 amide bonds. The van der Waals surface area contributed by atoms with E-state index in [1.807, 2.05) is 30.3 Å². The van der Waals surface area contributed by atoms with E-state index in [0.717, 1.165) is 5.56 Å². The summed E-state index contributed by atoms with van der Waals surface area (Å²) in [5.74, 6) is 0.620. The van der Waals surface area contributed by atoms with Crippen molar-refractivity contribution in [3.05, 3.63) is 41.7 Å². The van der Waals surface area contributed by atoms with E-state index >= 15 is 0 Å². The van der Waals surface area contributed by atoms with Gasteiger partial charge in [-0.05, 0) is 6.92 Å². The maximum absolute atomic E-state index is 9.95. The Kier molecular flexibility index (Phi) is 3.76. The van der Waals surface area contributed by atoms with Crippen molar-refractivity contribution in [2.75, 3.05) is 0 Å². The minimum atomic E-state index is -0.888. The second-order valence-corrected chi connectivity index (χ2v) is 4.28. The summed E-state index contributed by atoms with van der Waals surface area (Å²) in [6.45, 7) is 1.49. The zero-order valence-electron chi connectivity index (χ0n) is 10.2. The highest BCUT2D eigenvalue weighted by molar-refractivity contribution is 5.55. The van der Waals surface area contributed by atoms with E-state index < -0.39 is 12.1 Å². The maximum atomic E-state index is 9.95. The monoisotopic (exact) mass is 247 g/mol. The number of aliphatic hydroxyl groups is 2. The summed E-state index contributed by atoms with van der Waals surface area (Å²) in [5.41, 5.74) is 7.46. The largest absolute Gasteiger partial charge is 0.390 e. The summed E-state index contributed by atoms with van der Waals surface area (Å²) in [5, 5.41) is 19.2. The van der Waals surface area contributed by atoms with Gasteiger partial charge in [-0.2, -0.15) is 0 Å². The molecule has 0 aliphatic heterocycles. The molecular formula is C13H17N3O2. The van der Waals surface area contributed by atoms with Crippen molar-refractivity contribution in [1.29, 1.82) is 0 Å². The van der Waals surface area contributed by atoms with Gasteiger partial charge < -0.3 is 20.9 Å². The Bertz CT molecular complexity index is 508. The number of hydrogen-bond donors (Lipinski definition) is 4. The van der Waals surface area contributed by atoms with Crippen LogP contribution < -0.4 is 5.73 Å². The number of aromatic nitrogens is 2. The van der Waals surface area contributed by atoms with E-state index in [1.165, 1.54) is 0 Å². The van der Waals surface area contributed by atoms with Crippen molar-refractivity contribution in [3.8, 4) is 11.4 Å². The summed E-state index contributed by atoms with van der Waals surface area (Å²) < 4.78 is 0. The third kappa shape index (κ3) is 2.43. The molecule has 1 aromatic heterocycles. The van der Waals surface area contributed by atoms with Crippen molar-refractivity contribution in [1.82, 2.24) is 9.97 Å². The van der Waals surface area contributed by atoms with E-state index in [0.29, 0.717) is 17.2 Å². The molecule has 1 heterocycles. The number of nitrogens with one attached hydrogen (secondary N) is 1. The van der Waals surface area contributed by atoms with Crippen LogP contribution in [0, 0.1) is 0 Å². The average Bonchev–Trinajstić information content (AvgIpc) is 2.82. The fourth-order valence-electron chi connectivity index (χ4n) is 1.77. The number of nitrogens with two attached hydrogens (primary N) is 1. The van der Waals surface area contributed by atoms with E-state index in [4.69, 9.17) is 5.73 Å². The molecule has 0 saturated carbocycles. The van der Waals surface area contributed by atoms with E-state index in [-0.39, 0.29) is 6.61 Å². The number of aromatic amines is 1. The molecule has 0 spiro atoms. The number of nitrogens with zero attached hydrogens (tertiary/aromatic N) is 1. The molecule has 1 aromatic carbocycles. The number of aliphatic hydroxyl groups excluding tert-OH is 2. The number of H-pyrrole nitrogens is 1. The van der Waals surface area contributed by atoms with E-state index in [9.17, 15) is 10.2 Å². The van der Waals surface area contributed by atoms with Gasteiger partial charge in [-0.3, -0.25) is 0 Å². The van der Waals surface area contributed by atoms with Crippen molar-refractivity contribution >= 4 is 0 Å². The third-order valence-corrected chi connectivity index (χ3v) is 2.79. The molecule has 0 fully saturated rings. The Balaban J connectivity index is 2.41. The number of benzene rings is 1. The summed E-state index contributed by atoms with van der Waals surface area (Å²) in [6, 6.07) is 9.08. The van der Waals surface area contributed by atoms with Crippen molar-refractivity contribution < 1.29 is 10.2 Å². The normalized spacial score (nSPS) is 14.4. The molecule has 0 aliphatic rings. The molecule has 5 nitrogen and oxygen atoms in total. The highest BCUT2D eigenvalue weighted by Crippen LogP contribution is 2.23. The number of hydrogen-bond acceptors (Lipinski definition) is 4. The lowest BCUT2D eigenvalue weighted by Crippen LogP contribution is -2.25. The molecule has 2 unspecified atom stereocenters. The van der Waals surface area contributed by atoms with Gasteiger partial charge in [0.15, 0.2) is 0 Å². The van der Waals surface area contributed by atoms with Crippen LogP contribution in [0.1, 0.15) is 24.4 Å². The van der Waals surface area contributed by atoms with Crippen molar-refractivity contribution in [2.45, 2.75) is 25.7 Å². The molecule has 0 saturated heterocycles. The molecular weight excluding hydrogens is 230 g/mol. The van der Waals surface area contributed by atoms with Crippen LogP contribution >= 0.6 is 0 Å². The van der Waals surface area contributed by atoms with Crippen LogP contribution in [-0.2, 0) is 6.61 Å². The number of rotatable bonds is 4. The molecule has 18 heavy (non-hydrogen) atoms. The number of imidazole rings is 1. The first-order valence-corrected chi connectivity index (χ1v) is 5.82. The van der Waals surface area contributed by atoms with Gasteiger partial charge in [0.25, 0.3) is 0 Å². The highest BCUT2D eigenvalue weighted by Gasteiger charge is 2.21. The van der Waals surface area contributed by atoms with Crippen LogP contribution in [0.4, 0.5) is 0 Å². The molecule has 2 atom stereocenters. The average molecular weight is 247 g/mol. The Morgan fingerprint density at radius 1 is 1.33 bits per heavy atom. The van der Waals surface area contributed by atoms with Gasteiger partial charge in [0.05, 0.1) is 18.0 Å². The minimum absolute atomic E-state index is 0.209. The summed E-state index contributed by atoms with van der Waals surface area (Å²) in [7, 11) is 0. The molecule has 96 valence electrons. The second-order valence-electron chi connectivity index (χ2n) is 4.28. The standard InChI is InChI=1S/C13H17N3O2/c1-8(14)12(18)11-10(7-17)15-13(16-11)9-5-3-2-4-6-9/h2-6,8,12,17-18H,7,14H2,1H3,(H,15,16). The molecule has 0 aliphatic carbocycles. The van der Waals surface area contributed by atoms with Gasteiger partial charge in [-0.25, -0.2) is 4.98 Å². The Hall–Kier alpha value is -1.69. The first-order chi connectivity index (χ1) is 8.63. The van der Waals surface area contributed by atoms with Crippen molar-refractivity contribution in [2.24, 2.45) is 5.73 Å². The van der Waals surface area contributed by atoms with Gasteiger partial charge in [0, 0.05) is 11.6 Å². The zero-order chi connectivity index (χ0) is 13.1. The van der Waals surface area contributed by atoms with Crippen LogP contribution in [0.5, 0.6) is 0 Å². The third-order valence-electron chi connectivity index (χ3n) is 2.79. The first-order valence-electron chi connectivity index (χ1n) is 5.82. The first kappa shape index (κ1) is 12.8. The van der Waals surface area contributed by atoms with Crippen LogP contribution in [0.2, 0.25) is 0 Å². The highest BCUT2D eigenvalue weighted by atomic mass is 16.3. The maximum Gasteiger partial charge on any atom is 0.138 e. The predicted molar refractivity (Wildman–Crippen MR) is 68.6 cm³/mol. The Morgan fingerprint density at radius 2 is 2.00 bits per heavy atom. The fraction of sp³-hybridized carbons (Fsp3) is 0.308. The van der Waals surface area contributed by atoms with E-state index in [2.05, 4.69) is 9.97 Å². The topological polar surface area (TPSA) is 95.2 Å². The minimum Gasteiger partial charge on any atom is -0.390 e. The van der Waals surface area contributed by atoms with E-state index in [1.54, 1.807) is 6.92 Å². The van der Waals surface area contributed by atoms with Gasteiger partial charge >= 0.3 is 0 Å². The summed E-state index contributed by atoms with van der Waals surface area (Å²) in [6.07, 6.45) is -0.888. The van der Waals surface area contributed by atoms with Gasteiger partial charge in [0.2, 0.25) is 0 Å². The van der Waals surface area contributed by atoms with Gasteiger partial charge in [-0.1, -0.05) is 30.3 Å². The SMILES string of the molecule is CC(N)C(O)c1nc(-c2ccccc2)[nH]c1CO. The fourth-order valence-corrected chi connectivity index (χ4v) is 1.77. The van der Waals surface area contributed by atoms with Crippen LogP contribution in [0.15, 0.2) is 30.3 Å². The molecule has 0 bridgehead atoms. The molecule has 2 rings (SSSR count). The molecule has 5 heteroatoms. The smallest absolute Gasteiger partial charge is 0.138 e. The van der Waals surface area contributed by atoms with Crippen LogP contribution in [0.3, 0.4) is 0 Å². The van der Waals surface area contributed by atoms with Crippen LogP contribution in [0.25, 0.3) is 11.4 Å². The Morgan fingerprint density at radius 3 is 2.56 bits per heavy atom. The van der Waals surface area contributed by atoms with Crippen LogP contribution in [-0.4, -0.2) is 26.2 Å². The van der Waals surface area contributed by atoms with Crippen molar-refractivity contribution in [3.63, 3.8) is 0 Å². The second kappa shape index (κ2) is 5.30. The quantitative estimate of drug-likeness (QED) is 0.647. The van der Waals surface area contributed by atoms with Gasteiger partial charge in [-0.15, -0.1) is 0 Å².